The molecule has 2 aliphatic rings. The zero-order chi connectivity index (χ0) is 14.5. The summed E-state index contributed by atoms with van der Waals surface area (Å²) in [7, 11) is 0. The molecule has 0 bridgehead atoms. The molecule has 0 heterocycles. The van der Waals surface area contributed by atoms with Gasteiger partial charge in [0.05, 0.1) is 0 Å². The Kier molecular flexibility index (Phi) is 5.15. The SMILES string of the molecule is CCNCc1ccc(OCCN(CC2CC2)C2CC2)cc1. The van der Waals surface area contributed by atoms with Gasteiger partial charge in [0.1, 0.15) is 12.4 Å². The van der Waals surface area contributed by atoms with Gasteiger partial charge in [-0.25, -0.2) is 0 Å². The number of hydrogen-bond acceptors (Lipinski definition) is 3. The molecule has 0 radical (unpaired) electrons. The average Bonchev–Trinajstić information content (AvgIpc) is 3.38. The zero-order valence-electron chi connectivity index (χ0n) is 13.2. The van der Waals surface area contributed by atoms with Gasteiger partial charge in [-0.2, -0.15) is 0 Å². The minimum Gasteiger partial charge on any atom is -0.492 e. The summed E-state index contributed by atoms with van der Waals surface area (Å²) in [5.41, 5.74) is 1.32. The van der Waals surface area contributed by atoms with Crippen molar-refractivity contribution in [1.82, 2.24) is 10.2 Å². The first-order chi connectivity index (χ1) is 10.3. The number of hydrogen-bond donors (Lipinski definition) is 1. The molecule has 1 aromatic rings. The van der Waals surface area contributed by atoms with Crippen molar-refractivity contribution in [2.45, 2.75) is 45.2 Å². The van der Waals surface area contributed by atoms with Gasteiger partial charge in [-0.05, 0) is 55.8 Å². The molecule has 0 unspecified atom stereocenters. The van der Waals surface area contributed by atoms with Crippen LogP contribution in [-0.4, -0.2) is 37.2 Å². The van der Waals surface area contributed by atoms with Crippen molar-refractivity contribution in [3.05, 3.63) is 29.8 Å². The van der Waals surface area contributed by atoms with Gasteiger partial charge >= 0.3 is 0 Å². The van der Waals surface area contributed by atoms with E-state index in [1.54, 1.807) is 0 Å². The molecule has 0 atom stereocenters. The highest BCUT2D eigenvalue weighted by Gasteiger charge is 2.33. The molecule has 116 valence electrons. The van der Waals surface area contributed by atoms with E-state index in [9.17, 15) is 0 Å². The summed E-state index contributed by atoms with van der Waals surface area (Å²) in [5.74, 6) is 1.98. The van der Waals surface area contributed by atoms with E-state index in [1.807, 2.05) is 0 Å². The van der Waals surface area contributed by atoms with E-state index in [-0.39, 0.29) is 0 Å². The molecule has 2 saturated carbocycles. The van der Waals surface area contributed by atoms with Gasteiger partial charge < -0.3 is 10.1 Å². The fourth-order valence-electron chi connectivity index (χ4n) is 2.75. The van der Waals surface area contributed by atoms with E-state index in [0.29, 0.717) is 0 Å². The van der Waals surface area contributed by atoms with Crippen LogP contribution in [0.1, 0.15) is 38.2 Å². The maximum atomic E-state index is 5.91. The summed E-state index contributed by atoms with van der Waals surface area (Å²) >= 11 is 0. The van der Waals surface area contributed by atoms with Gasteiger partial charge in [-0.3, -0.25) is 4.90 Å². The minimum absolute atomic E-state index is 0.815. The summed E-state index contributed by atoms with van der Waals surface area (Å²) in [6.45, 7) is 7.28. The third-order valence-corrected chi connectivity index (χ3v) is 4.40. The Labute approximate surface area is 128 Å². The molecule has 3 nitrogen and oxygen atoms in total. The van der Waals surface area contributed by atoms with E-state index >= 15 is 0 Å². The maximum absolute atomic E-state index is 5.91. The third kappa shape index (κ3) is 5.01. The van der Waals surface area contributed by atoms with Gasteiger partial charge in [0.2, 0.25) is 0 Å². The highest BCUT2D eigenvalue weighted by molar-refractivity contribution is 5.27. The lowest BCUT2D eigenvalue weighted by atomic mass is 10.2. The molecule has 21 heavy (non-hydrogen) atoms. The average molecular weight is 288 g/mol. The Balaban J connectivity index is 1.39. The summed E-state index contributed by atoms with van der Waals surface area (Å²) in [4.78, 5) is 2.65. The molecular formula is C18H28N2O. The van der Waals surface area contributed by atoms with Crippen LogP contribution in [0.25, 0.3) is 0 Å². The zero-order valence-corrected chi connectivity index (χ0v) is 13.2. The smallest absolute Gasteiger partial charge is 0.119 e. The van der Waals surface area contributed by atoms with Crippen LogP contribution in [0.2, 0.25) is 0 Å². The van der Waals surface area contributed by atoms with E-state index in [1.165, 1.54) is 37.8 Å². The van der Waals surface area contributed by atoms with Crippen LogP contribution in [-0.2, 0) is 6.54 Å². The van der Waals surface area contributed by atoms with Gasteiger partial charge in [-0.15, -0.1) is 0 Å². The Morgan fingerprint density at radius 1 is 1.14 bits per heavy atom. The summed E-state index contributed by atoms with van der Waals surface area (Å²) in [6, 6.07) is 9.35. The first kappa shape index (κ1) is 14.9. The third-order valence-electron chi connectivity index (χ3n) is 4.40. The van der Waals surface area contributed by atoms with Gasteiger partial charge in [0.25, 0.3) is 0 Å². The van der Waals surface area contributed by atoms with E-state index in [2.05, 4.69) is 41.4 Å². The second-order valence-corrected chi connectivity index (χ2v) is 6.44. The van der Waals surface area contributed by atoms with Crippen molar-refractivity contribution in [1.29, 1.82) is 0 Å². The molecule has 2 aliphatic carbocycles. The molecule has 1 aromatic carbocycles. The number of nitrogens with zero attached hydrogens (tertiary/aromatic N) is 1. The molecule has 3 heteroatoms. The summed E-state index contributed by atoms with van der Waals surface area (Å²) < 4.78 is 5.91. The van der Waals surface area contributed by atoms with Crippen LogP contribution in [0, 0.1) is 5.92 Å². The second-order valence-electron chi connectivity index (χ2n) is 6.44. The Morgan fingerprint density at radius 3 is 2.52 bits per heavy atom. The molecular weight excluding hydrogens is 260 g/mol. The van der Waals surface area contributed by atoms with Gasteiger partial charge in [0.15, 0.2) is 0 Å². The lowest BCUT2D eigenvalue weighted by Gasteiger charge is -2.21. The monoisotopic (exact) mass is 288 g/mol. The van der Waals surface area contributed by atoms with Crippen LogP contribution >= 0.6 is 0 Å². The van der Waals surface area contributed by atoms with Crippen molar-refractivity contribution in [2.75, 3.05) is 26.2 Å². The first-order valence-corrected chi connectivity index (χ1v) is 8.51. The van der Waals surface area contributed by atoms with Crippen LogP contribution in [0.15, 0.2) is 24.3 Å². The number of benzene rings is 1. The topological polar surface area (TPSA) is 24.5 Å². The fraction of sp³-hybridized carbons (Fsp3) is 0.667. The number of rotatable bonds is 10. The van der Waals surface area contributed by atoms with Crippen LogP contribution < -0.4 is 10.1 Å². The highest BCUT2D eigenvalue weighted by atomic mass is 16.5. The van der Waals surface area contributed by atoms with E-state index in [0.717, 1.165) is 44.0 Å². The molecule has 0 aromatic heterocycles. The lowest BCUT2D eigenvalue weighted by molar-refractivity contribution is 0.195. The number of ether oxygens (including phenoxy) is 1. The second kappa shape index (κ2) is 7.28. The van der Waals surface area contributed by atoms with Crippen molar-refractivity contribution in [3.63, 3.8) is 0 Å². The predicted molar refractivity (Wildman–Crippen MR) is 86.6 cm³/mol. The maximum Gasteiger partial charge on any atom is 0.119 e. The molecule has 0 aliphatic heterocycles. The molecule has 2 fully saturated rings. The van der Waals surface area contributed by atoms with Crippen LogP contribution in [0.4, 0.5) is 0 Å². The van der Waals surface area contributed by atoms with Crippen molar-refractivity contribution in [3.8, 4) is 5.75 Å². The van der Waals surface area contributed by atoms with E-state index < -0.39 is 0 Å². The van der Waals surface area contributed by atoms with Gasteiger partial charge in [-0.1, -0.05) is 19.1 Å². The fourth-order valence-corrected chi connectivity index (χ4v) is 2.75. The quantitative estimate of drug-likeness (QED) is 0.716. The normalized spacial score (nSPS) is 18.2. The highest BCUT2D eigenvalue weighted by Crippen LogP contribution is 2.34. The summed E-state index contributed by atoms with van der Waals surface area (Å²) in [6.07, 6.45) is 5.67. The Hall–Kier alpha value is -1.06. The Bertz CT molecular complexity index is 423. The van der Waals surface area contributed by atoms with E-state index in [4.69, 9.17) is 4.74 Å². The lowest BCUT2D eigenvalue weighted by Crippen LogP contribution is -2.32. The number of nitrogens with one attached hydrogen (secondary N) is 1. The largest absolute Gasteiger partial charge is 0.492 e. The first-order valence-electron chi connectivity index (χ1n) is 8.51. The molecule has 1 N–H and O–H groups in total. The minimum atomic E-state index is 0.815. The molecule has 3 rings (SSSR count). The summed E-state index contributed by atoms with van der Waals surface area (Å²) in [5, 5.41) is 3.34. The van der Waals surface area contributed by atoms with Gasteiger partial charge in [0, 0.05) is 25.7 Å². The molecule has 0 amide bonds. The standard InChI is InChI=1S/C18H28N2O/c1-2-19-13-15-5-9-18(10-6-15)21-12-11-20(17-7-8-17)14-16-3-4-16/h5-6,9-10,16-17,19H,2-4,7-8,11-14H2,1H3. The van der Waals surface area contributed by atoms with Crippen LogP contribution in [0.3, 0.4) is 0 Å². The van der Waals surface area contributed by atoms with Crippen molar-refractivity contribution >= 4 is 0 Å². The van der Waals surface area contributed by atoms with Crippen molar-refractivity contribution < 1.29 is 4.74 Å². The molecule has 0 spiro atoms. The molecule has 0 saturated heterocycles. The van der Waals surface area contributed by atoms with Crippen molar-refractivity contribution in [2.24, 2.45) is 5.92 Å². The Morgan fingerprint density at radius 2 is 1.90 bits per heavy atom. The van der Waals surface area contributed by atoms with Crippen LogP contribution in [0.5, 0.6) is 5.75 Å². The predicted octanol–water partition coefficient (Wildman–Crippen LogP) is 3.05.